The maximum atomic E-state index is 13.4. The highest BCUT2D eigenvalue weighted by Crippen LogP contribution is 2.33. The van der Waals surface area contributed by atoms with Crippen molar-refractivity contribution in [1.82, 2.24) is 20.0 Å². The first-order valence-corrected chi connectivity index (χ1v) is 15.4. The first kappa shape index (κ1) is 27.4. The SMILES string of the molecule is O=C(NC(CCN1CC2CN(C(=O)[C@@H]3CN(Cc4ccccc4)CCO3)CC2C1)c1ccccc1)C1CCCC1. The number of morpholine rings is 1. The van der Waals surface area contributed by atoms with Gasteiger partial charge in [0.1, 0.15) is 6.10 Å². The molecule has 2 aromatic carbocycles. The van der Waals surface area contributed by atoms with Crippen LogP contribution >= 0.6 is 0 Å². The number of likely N-dealkylation sites (tertiary alicyclic amines) is 2. The fraction of sp³-hybridized carbons (Fsp3) is 0.576. The molecule has 40 heavy (non-hydrogen) atoms. The Bertz CT molecular complexity index is 1110. The summed E-state index contributed by atoms with van der Waals surface area (Å²) in [5.74, 6) is 1.62. The number of fused-ring (bicyclic) bond motifs is 1. The third-order valence-electron chi connectivity index (χ3n) is 9.53. The molecule has 4 atom stereocenters. The topological polar surface area (TPSA) is 65.1 Å². The van der Waals surface area contributed by atoms with Crippen LogP contribution in [-0.4, -0.2) is 85.0 Å². The molecule has 6 rings (SSSR count). The van der Waals surface area contributed by atoms with Crippen LogP contribution in [0.4, 0.5) is 0 Å². The van der Waals surface area contributed by atoms with E-state index in [0.29, 0.717) is 25.0 Å². The minimum atomic E-state index is -0.359. The van der Waals surface area contributed by atoms with Crippen LogP contribution in [-0.2, 0) is 20.9 Å². The Kier molecular flexibility index (Phi) is 8.80. The molecule has 7 nitrogen and oxygen atoms in total. The molecule has 3 heterocycles. The van der Waals surface area contributed by atoms with Crippen LogP contribution in [0.1, 0.15) is 49.3 Å². The van der Waals surface area contributed by atoms with Gasteiger partial charge in [0.05, 0.1) is 12.6 Å². The Morgan fingerprint density at radius 1 is 0.850 bits per heavy atom. The molecule has 2 aromatic rings. The molecular formula is C33H44N4O3. The second-order valence-electron chi connectivity index (χ2n) is 12.3. The Morgan fingerprint density at radius 3 is 2.23 bits per heavy atom. The van der Waals surface area contributed by atoms with Gasteiger partial charge in [0.15, 0.2) is 0 Å². The lowest BCUT2D eigenvalue weighted by atomic mass is 10.0. The molecule has 4 aliphatic rings. The number of amides is 2. The van der Waals surface area contributed by atoms with Gasteiger partial charge in [0.25, 0.3) is 5.91 Å². The second kappa shape index (κ2) is 12.8. The quantitative estimate of drug-likeness (QED) is 0.522. The Hall–Kier alpha value is -2.74. The lowest BCUT2D eigenvalue weighted by Gasteiger charge is -2.34. The lowest BCUT2D eigenvalue weighted by Crippen LogP contribution is -2.50. The zero-order valence-electron chi connectivity index (χ0n) is 23.6. The highest BCUT2D eigenvalue weighted by atomic mass is 16.5. The van der Waals surface area contributed by atoms with E-state index in [-0.39, 0.29) is 29.9 Å². The van der Waals surface area contributed by atoms with Crippen molar-refractivity contribution in [3.63, 3.8) is 0 Å². The van der Waals surface area contributed by atoms with E-state index in [1.807, 2.05) is 12.1 Å². The number of benzene rings is 2. The highest BCUT2D eigenvalue weighted by molar-refractivity contribution is 5.81. The average Bonchev–Trinajstić information content (AvgIpc) is 3.74. The van der Waals surface area contributed by atoms with E-state index in [1.54, 1.807) is 0 Å². The first-order chi connectivity index (χ1) is 19.6. The molecule has 3 saturated heterocycles. The predicted molar refractivity (Wildman–Crippen MR) is 155 cm³/mol. The van der Waals surface area contributed by atoms with Crippen molar-refractivity contribution in [3.05, 3.63) is 71.8 Å². The number of nitrogens with one attached hydrogen (secondary N) is 1. The zero-order valence-corrected chi connectivity index (χ0v) is 23.6. The minimum absolute atomic E-state index is 0.0510. The summed E-state index contributed by atoms with van der Waals surface area (Å²) in [5.41, 5.74) is 2.47. The molecule has 0 radical (unpaired) electrons. The smallest absolute Gasteiger partial charge is 0.253 e. The average molecular weight is 545 g/mol. The maximum Gasteiger partial charge on any atom is 0.253 e. The van der Waals surface area contributed by atoms with Crippen molar-refractivity contribution in [2.45, 2.75) is 50.8 Å². The van der Waals surface area contributed by atoms with Gasteiger partial charge in [-0.15, -0.1) is 0 Å². The molecule has 214 valence electrons. The van der Waals surface area contributed by atoms with Crippen molar-refractivity contribution in [3.8, 4) is 0 Å². The molecule has 0 aromatic heterocycles. The summed E-state index contributed by atoms with van der Waals surface area (Å²) >= 11 is 0. The lowest BCUT2D eigenvalue weighted by molar-refractivity contribution is -0.149. The first-order valence-electron chi connectivity index (χ1n) is 15.4. The van der Waals surface area contributed by atoms with Gasteiger partial charge in [0, 0.05) is 58.3 Å². The third kappa shape index (κ3) is 6.59. The summed E-state index contributed by atoms with van der Waals surface area (Å²) in [6.07, 6.45) is 4.94. The number of carbonyl (C=O) groups is 2. The molecular weight excluding hydrogens is 500 g/mol. The molecule has 1 N–H and O–H groups in total. The van der Waals surface area contributed by atoms with Gasteiger partial charge in [-0.2, -0.15) is 0 Å². The molecule has 3 aliphatic heterocycles. The van der Waals surface area contributed by atoms with Gasteiger partial charge < -0.3 is 19.9 Å². The largest absolute Gasteiger partial charge is 0.366 e. The van der Waals surface area contributed by atoms with E-state index in [1.165, 1.54) is 24.0 Å². The van der Waals surface area contributed by atoms with Gasteiger partial charge in [-0.25, -0.2) is 0 Å². The van der Waals surface area contributed by atoms with Crippen LogP contribution in [0, 0.1) is 17.8 Å². The minimum Gasteiger partial charge on any atom is -0.366 e. The zero-order chi connectivity index (χ0) is 27.3. The van der Waals surface area contributed by atoms with E-state index in [0.717, 1.165) is 65.1 Å². The predicted octanol–water partition coefficient (Wildman–Crippen LogP) is 3.72. The van der Waals surface area contributed by atoms with E-state index < -0.39 is 0 Å². The van der Waals surface area contributed by atoms with Crippen LogP contribution < -0.4 is 5.32 Å². The van der Waals surface area contributed by atoms with E-state index in [4.69, 9.17) is 4.74 Å². The van der Waals surface area contributed by atoms with Crippen molar-refractivity contribution in [1.29, 1.82) is 0 Å². The van der Waals surface area contributed by atoms with E-state index in [9.17, 15) is 9.59 Å². The fourth-order valence-electron chi connectivity index (χ4n) is 7.29. The van der Waals surface area contributed by atoms with Gasteiger partial charge in [0.2, 0.25) is 5.91 Å². The van der Waals surface area contributed by atoms with Crippen LogP contribution in [0.2, 0.25) is 0 Å². The van der Waals surface area contributed by atoms with Gasteiger partial charge in [-0.3, -0.25) is 14.5 Å². The fourth-order valence-corrected chi connectivity index (χ4v) is 7.29. The summed E-state index contributed by atoms with van der Waals surface area (Å²) < 4.78 is 5.96. The van der Waals surface area contributed by atoms with Crippen LogP contribution in [0.15, 0.2) is 60.7 Å². The number of hydrogen-bond acceptors (Lipinski definition) is 5. The van der Waals surface area contributed by atoms with Gasteiger partial charge >= 0.3 is 0 Å². The van der Waals surface area contributed by atoms with E-state index >= 15 is 0 Å². The van der Waals surface area contributed by atoms with Crippen molar-refractivity contribution in [2.24, 2.45) is 17.8 Å². The van der Waals surface area contributed by atoms with Crippen molar-refractivity contribution >= 4 is 11.8 Å². The molecule has 1 saturated carbocycles. The summed E-state index contributed by atoms with van der Waals surface area (Å²) in [5, 5.41) is 3.39. The molecule has 3 unspecified atom stereocenters. The molecule has 7 heteroatoms. The van der Waals surface area contributed by atoms with Crippen molar-refractivity contribution in [2.75, 3.05) is 52.4 Å². The molecule has 1 aliphatic carbocycles. The van der Waals surface area contributed by atoms with Crippen LogP contribution in [0.25, 0.3) is 0 Å². The summed E-state index contributed by atoms with van der Waals surface area (Å²) in [4.78, 5) is 33.3. The molecule has 0 spiro atoms. The number of nitrogens with zero attached hydrogens (tertiary/aromatic N) is 3. The van der Waals surface area contributed by atoms with Crippen molar-refractivity contribution < 1.29 is 14.3 Å². The third-order valence-corrected chi connectivity index (χ3v) is 9.53. The molecule has 2 amide bonds. The summed E-state index contributed by atoms with van der Waals surface area (Å²) in [7, 11) is 0. The monoisotopic (exact) mass is 544 g/mol. The van der Waals surface area contributed by atoms with Gasteiger partial charge in [-0.05, 0) is 42.2 Å². The van der Waals surface area contributed by atoms with Crippen LogP contribution in [0.5, 0.6) is 0 Å². The summed E-state index contributed by atoms with van der Waals surface area (Å²) in [6, 6.07) is 20.9. The highest BCUT2D eigenvalue weighted by Gasteiger charge is 2.43. The Morgan fingerprint density at radius 2 is 1.52 bits per heavy atom. The number of ether oxygens (including phenoxy) is 1. The number of hydrogen-bond donors (Lipinski definition) is 1. The normalized spacial score (nSPS) is 26.6. The number of carbonyl (C=O) groups excluding carboxylic acids is 2. The number of rotatable bonds is 9. The summed E-state index contributed by atoms with van der Waals surface area (Å²) in [6.45, 7) is 7.68. The molecule has 4 fully saturated rings. The van der Waals surface area contributed by atoms with Gasteiger partial charge in [-0.1, -0.05) is 73.5 Å². The Balaban J connectivity index is 0.984. The Labute approximate surface area is 238 Å². The van der Waals surface area contributed by atoms with E-state index in [2.05, 4.69) is 68.5 Å². The van der Waals surface area contributed by atoms with Crippen LogP contribution in [0.3, 0.4) is 0 Å². The molecule has 0 bridgehead atoms. The standard InChI is InChI=1S/C33H44N4O3/c38-32(27-13-7-8-14-27)34-30(26-11-5-2-6-12-26)15-16-35-20-28-22-37(23-29(28)21-35)33(39)31-24-36(17-18-40-31)19-25-9-3-1-4-10-25/h1-6,9-12,27-31H,7-8,13-24H2,(H,34,38)/t28?,29?,30?,31-/m0/s1. The maximum absolute atomic E-state index is 13.4. The second-order valence-corrected chi connectivity index (χ2v) is 12.3.